The van der Waals surface area contributed by atoms with Gasteiger partial charge in [-0.15, -0.1) is 0 Å². The van der Waals surface area contributed by atoms with E-state index < -0.39 is 5.97 Å². The van der Waals surface area contributed by atoms with E-state index in [9.17, 15) is 9.59 Å². The number of carbonyl (C=O) groups excluding carboxylic acids is 1. The molecule has 0 aliphatic carbocycles. The number of carboxylic acid groups (broad SMARTS) is 1. The molecule has 1 unspecified atom stereocenters. The molecule has 0 aromatic rings. The van der Waals surface area contributed by atoms with Crippen molar-refractivity contribution in [3.05, 3.63) is 0 Å². The number of hydrogen-bond acceptors (Lipinski definition) is 3. The Bertz CT molecular complexity index is 253. The van der Waals surface area contributed by atoms with Gasteiger partial charge in [-0.05, 0) is 19.8 Å². The number of nitrogens with zero attached hydrogens (tertiary/aromatic N) is 1. The van der Waals surface area contributed by atoms with E-state index in [1.807, 2.05) is 13.8 Å². The number of carboxylic acids is 1. The summed E-state index contributed by atoms with van der Waals surface area (Å²) in [4.78, 5) is 24.2. The van der Waals surface area contributed by atoms with Crippen molar-refractivity contribution in [2.75, 3.05) is 20.3 Å². The van der Waals surface area contributed by atoms with Crippen LogP contribution in [0, 0.1) is 5.92 Å². The average Bonchev–Trinajstić information content (AvgIpc) is 2.15. The van der Waals surface area contributed by atoms with E-state index >= 15 is 0 Å². The van der Waals surface area contributed by atoms with E-state index in [2.05, 4.69) is 0 Å². The highest BCUT2D eigenvalue weighted by molar-refractivity contribution is 5.77. The van der Waals surface area contributed by atoms with Crippen molar-refractivity contribution in [3.8, 4) is 0 Å². The first kappa shape index (κ1) is 15.9. The van der Waals surface area contributed by atoms with Gasteiger partial charge in [-0.2, -0.15) is 0 Å². The number of amides is 1. The van der Waals surface area contributed by atoms with Gasteiger partial charge in [0.05, 0.1) is 6.61 Å². The molecule has 0 rings (SSSR count). The van der Waals surface area contributed by atoms with Gasteiger partial charge in [0, 0.05) is 32.5 Å². The van der Waals surface area contributed by atoms with Gasteiger partial charge in [0.2, 0.25) is 5.91 Å². The zero-order valence-corrected chi connectivity index (χ0v) is 11.1. The van der Waals surface area contributed by atoms with Crippen LogP contribution in [0.25, 0.3) is 0 Å². The van der Waals surface area contributed by atoms with E-state index in [1.54, 1.807) is 18.9 Å². The minimum absolute atomic E-state index is 0.00852. The normalized spacial score (nSPS) is 12.5. The standard InChI is InChI=1S/C12H23NO4/c1-9(2)13(5-6-17-4)11(14)7-10(3)8-12(15)16/h9-10H,5-8H2,1-4H3,(H,15,16). The SMILES string of the molecule is COCCN(C(=O)CC(C)CC(=O)O)C(C)C. The maximum Gasteiger partial charge on any atom is 0.303 e. The fraction of sp³-hybridized carbons (Fsp3) is 0.833. The highest BCUT2D eigenvalue weighted by atomic mass is 16.5. The van der Waals surface area contributed by atoms with Crippen molar-refractivity contribution in [1.29, 1.82) is 0 Å². The first-order valence-corrected chi connectivity index (χ1v) is 5.88. The van der Waals surface area contributed by atoms with Crippen LogP contribution in [0.3, 0.4) is 0 Å². The summed E-state index contributed by atoms with van der Waals surface area (Å²) in [6, 6.07) is 0.106. The third kappa shape index (κ3) is 6.94. The molecule has 5 nitrogen and oxygen atoms in total. The second kappa shape index (κ2) is 8.06. The molecule has 0 heterocycles. The average molecular weight is 245 g/mol. The molecule has 0 aliphatic rings. The van der Waals surface area contributed by atoms with Gasteiger partial charge in [-0.25, -0.2) is 0 Å². The molecular weight excluding hydrogens is 222 g/mol. The summed E-state index contributed by atoms with van der Waals surface area (Å²) in [7, 11) is 1.59. The Morgan fingerprint density at radius 1 is 1.24 bits per heavy atom. The van der Waals surface area contributed by atoms with Gasteiger partial charge in [0.25, 0.3) is 0 Å². The third-order valence-corrected chi connectivity index (χ3v) is 2.53. The maximum atomic E-state index is 12.0. The lowest BCUT2D eigenvalue weighted by atomic mass is 10.0. The number of aliphatic carboxylic acids is 1. The summed E-state index contributed by atoms with van der Waals surface area (Å²) in [5.74, 6) is -1.01. The lowest BCUT2D eigenvalue weighted by Crippen LogP contribution is -2.40. The lowest BCUT2D eigenvalue weighted by Gasteiger charge is -2.27. The number of ether oxygens (including phenoxy) is 1. The van der Waals surface area contributed by atoms with Gasteiger partial charge in [-0.1, -0.05) is 6.92 Å². The highest BCUT2D eigenvalue weighted by Gasteiger charge is 2.20. The quantitative estimate of drug-likeness (QED) is 0.701. The summed E-state index contributed by atoms with van der Waals surface area (Å²) in [5.41, 5.74) is 0. The lowest BCUT2D eigenvalue weighted by molar-refractivity contribution is -0.139. The summed E-state index contributed by atoms with van der Waals surface area (Å²) in [6.07, 6.45) is 0.302. The van der Waals surface area contributed by atoms with Gasteiger partial charge in [-0.3, -0.25) is 9.59 Å². The molecule has 0 fully saturated rings. The van der Waals surface area contributed by atoms with Gasteiger partial charge in [0.15, 0.2) is 0 Å². The molecule has 0 aromatic carbocycles. The fourth-order valence-corrected chi connectivity index (χ4v) is 1.65. The minimum Gasteiger partial charge on any atom is -0.481 e. The topological polar surface area (TPSA) is 66.8 Å². The molecular formula is C12H23NO4. The summed E-state index contributed by atoms with van der Waals surface area (Å²) in [6.45, 7) is 6.70. The van der Waals surface area contributed by atoms with Crippen LogP contribution in [-0.2, 0) is 14.3 Å². The van der Waals surface area contributed by atoms with Crippen LogP contribution in [0.15, 0.2) is 0 Å². The van der Waals surface area contributed by atoms with Crippen LogP contribution >= 0.6 is 0 Å². The number of carbonyl (C=O) groups is 2. The molecule has 1 amide bonds. The number of rotatable bonds is 8. The molecule has 0 bridgehead atoms. The van der Waals surface area contributed by atoms with Crippen LogP contribution in [0.4, 0.5) is 0 Å². The molecule has 0 spiro atoms. The molecule has 5 heteroatoms. The Kier molecular flexibility index (Phi) is 7.54. The van der Waals surface area contributed by atoms with E-state index in [4.69, 9.17) is 9.84 Å². The molecule has 0 saturated carbocycles. The van der Waals surface area contributed by atoms with E-state index in [1.165, 1.54) is 0 Å². The molecule has 1 N–H and O–H groups in total. The largest absolute Gasteiger partial charge is 0.481 e. The number of methoxy groups -OCH3 is 1. The van der Waals surface area contributed by atoms with Crippen molar-refractivity contribution >= 4 is 11.9 Å². The van der Waals surface area contributed by atoms with Crippen molar-refractivity contribution in [1.82, 2.24) is 4.90 Å². The zero-order valence-electron chi connectivity index (χ0n) is 11.1. The Morgan fingerprint density at radius 2 is 1.82 bits per heavy atom. The predicted molar refractivity (Wildman–Crippen MR) is 64.8 cm³/mol. The van der Waals surface area contributed by atoms with Crippen LogP contribution < -0.4 is 0 Å². The zero-order chi connectivity index (χ0) is 13.4. The maximum absolute atomic E-state index is 12.0. The van der Waals surface area contributed by atoms with Gasteiger partial charge >= 0.3 is 5.97 Å². The van der Waals surface area contributed by atoms with E-state index in [-0.39, 0.29) is 30.7 Å². The summed E-state index contributed by atoms with van der Waals surface area (Å²) in [5, 5.41) is 8.64. The first-order chi connectivity index (χ1) is 7.88. The molecule has 0 aromatic heterocycles. The summed E-state index contributed by atoms with van der Waals surface area (Å²) < 4.78 is 4.95. The van der Waals surface area contributed by atoms with Crippen molar-refractivity contribution < 1.29 is 19.4 Å². The Hall–Kier alpha value is -1.10. The Morgan fingerprint density at radius 3 is 2.24 bits per heavy atom. The minimum atomic E-state index is -0.863. The van der Waals surface area contributed by atoms with Crippen LogP contribution in [0.2, 0.25) is 0 Å². The van der Waals surface area contributed by atoms with Crippen LogP contribution in [-0.4, -0.2) is 48.2 Å². The summed E-state index contributed by atoms with van der Waals surface area (Å²) >= 11 is 0. The highest BCUT2D eigenvalue weighted by Crippen LogP contribution is 2.11. The Labute approximate surface area is 103 Å². The molecule has 1 atom stereocenters. The third-order valence-electron chi connectivity index (χ3n) is 2.53. The van der Waals surface area contributed by atoms with E-state index in [0.717, 1.165) is 0 Å². The Balaban J connectivity index is 4.26. The van der Waals surface area contributed by atoms with Crippen LogP contribution in [0.5, 0.6) is 0 Å². The van der Waals surface area contributed by atoms with Crippen molar-refractivity contribution in [2.24, 2.45) is 5.92 Å². The smallest absolute Gasteiger partial charge is 0.303 e. The molecule has 17 heavy (non-hydrogen) atoms. The second-order valence-corrected chi connectivity index (χ2v) is 4.58. The first-order valence-electron chi connectivity index (χ1n) is 5.88. The van der Waals surface area contributed by atoms with E-state index in [0.29, 0.717) is 13.2 Å². The second-order valence-electron chi connectivity index (χ2n) is 4.58. The predicted octanol–water partition coefficient (Wildman–Crippen LogP) is 1.37. The van der Waals surface area contributed by atoms with Gasteiger partial charge in [0.1, 0.15) is 0 Å². The van der Waals surface area contributed by atoms with Gasteiger partial charge < -0.3 is 14.7 Å². The van der Waals surface area contributed by atoms with Crippen LogP contribution in [0.1, 0.15) is 33.6 Å². The molecule has 100 valence electrons. The van der Waals surface area contributed by atoms with Crippen molar-refractivity contribution in [2.45, 2.75) is 39.7 Å². The van der Waals surface area contributed by atoms with Crippen molar-refractivity contribution in [3.63, 3.8) is 0 Å². The monoisotopic (exact) mass is 245 g/mol. The molecule has 0 radical (unpaired) electrons. The molecule has 0 aliphatic heterocycles. The fourth-order valence-electron chi connectivity index (χ4n) is 1.65. The number of hydrogen-bond donors (Lipinski definition) is 1. The molecule has 0 saturated heterocycles.